The number of nitrogens with zero attached hydrogens (tertiary/aromatic N) is 6. The number of para-hydroxylation sites is 2. The number of benzene rings is 4. The Hall–Kier alpha value is -6.34. The Morgan fingerprint density at radius 3 is 1.42 bits per heavy atom. The number of oxazole rings is 1. The van der Waals surface area contributed by atoms with E-state index in [1.54, 1.807) is 12.4 Å². The molecule has 0 aliphatic rings. The normalized spacial score (nSPS) is 11.1. The lowest BCUT2D eigenvalue weighted by molar-refractivity contribution is 0.620. The van der Waals surface area contributed by atoms with E-state index in [9.17, 15) is 0 Å². The standard InChI is InChI=1S/C38H24N6O/c1-3-9-25(10-4-1)32-23-29(19-21-39-32)36-42-35(27-15-17-28(18-16-27)38-41-31-13-7-8-14-34(31)45-38)43-37(44-36)30-20-22-40-33(24-30)26-11-5-2-6-12-26/h1-24H. The van der Waals surface area contributed by atoms with Crippen molar-refractivity contribution in [1.29, 1.82) is 0 Å². The molecule has 45 heavy (non-hydrogen) atoms. The summed E-state index contributed by atoms with van der Waals surface area (Å²) in [5.41, 5.74) is 8.69. The molecule has 8 rings (SSSR count). The lowest BCUT2D eigenvalue weighted by Gasteiger charge is -2.10. The maximum atomic E-state index is 5.98. The van der Waals surface area contributed by atoms with Gasteiger partial charge in [-0.3, -0.25) is 9.97 Å². The van der Waals surface area contributed by atoms with Gasteiger partial charge in [-0.1, -0.05) is 84.9 Å². The van der Waals surface area contributed by atoms with Crippen LogP contribution in [0.2, 0.25) is 0 Å². The molecule has 8 aromatic rings. The Balaban J connectivity index is 1.23. The van der Waals surface area contributed by atoms with Crippen LogP contribution in [0.1, 0.15) is 0 Å². The van der Waals surface area contributed by atoms with Crippen molar-refractivity contribution in [3.8, 4) is 68.1 Å². The van der Waals surface area contributed by atoms with Crippen LogP contribution < -0.4 is 0 Å². The van der Waals surface area contributed by atoms with Crippen molar-refractivity contribution in [2.75, 3.05) is 0 Å². The summed E-state index contributed by atoms with van der Waals surface area (Å²) < 4.78 is 5.98. The number of aromatic nitrogens is 6. The summed E-state index contributed by atoms with van der Waals surface area (Å²) in [6, 6.07) is 43.7. The molecule has 0 fully saturated rings. The second kappa shape index (κ2) is 11.4. The first-order chi connectivity index (χ1) is 22.3. The van der Waals surface area contributed by atoms with Crippen molar-refractivity contribution in [2.45, 2.75) is 0 Å². The number of fused-ring (bicyclic) bond motifs is 1. The molecule has 0 unspecified atom stereocenters. The van der Waals surface area contributed by atoms with Gasteiger partial charge in [-0.2, -0.15) is 0 Å². The number of hydrogen-bond donors (Lipinski definition) is 0. The Bertz CT molecular complexity index is 2130. The summed E-state index contributed by atoms with van der Waals surface area (Å²) in [5.74, 6) is 2.22. The molecule has 0 saturated carbocycles. The van der Waals surface area contributed by atoms with Crippen LogP contribution in [-0.2, 0) is 0 Å². The molecule has 0 aliphatic heterocycles. The summed E-state index contributed by atoms with van der Waals surface area (Å²) in [4.78, 5) is 28.7. The SMILES string of the molecule is c1ccc(-c2cc(-c3nc(-c4ccc(-c5nc6ccccc6o5)cc4)nc(-c4ccnc(-c5ccccc5)c4)n3)ccn2)cc1. The number of rotatable bonds is 6. The summed E-state index contributed by atoms with van der Waals surface area (Å²) in [5, 5.41) is 0. The maximum absolute atomic E-state index is 5.98. The molecular weight excluding hydrogens is 556 g/mol. The van der Waals surface area contributed by atoms with Crippen LogP contribution in [0.15, 0.2) is 150 Å². The monoisotopic (exact) mass is 580 g/mol. The molecule has 0 aliphatic carbocycles. The second-order valence-corrected chi connectivity index (χ2v) is 10.5. The minimum atomic E-state index is 0.551. The van der Waals surface area contributed by atoms with Crippen molar-refractivity contribution in [3.05, 3.63) is 146 Å². The molecule has 7 nitrogen and oxygen atoms in total. The first kappa shape index (κ1) is 26.3. The van der Waals surface area contributed by atoms with Crippen LogP contribution in [0.25, 0.3) is 79.2 Å². The molecule has 7 heteroatoms. The number of hydrogen-bond acceptors (Lipinski definition) is 7. The Labute approximate surface area is 259 Å². The number of pyridine rings is 2. The first-order valence-electron chi connectivity index (χ1n) is 14.5. The van der Waals surface area contributed by atoms with Crippen molar-refractivity contribution < 1.29 is 4.42 Å². The molecule has 0 atom stereocenters. The van der Waals surface area contributed by atoms with Crippen molar-refractivity contribution in [2.24, 2.45) is 0 Å². The van der Waals surface area contributed by atoms with E-state index in [1.807, 2.05) is 133 Å². The molecule has 0 saturated heterocycles. The van der Waals surface area contributed by atoms with Gasteiger partial charge in [0.2, 0.25) is 5.89 Å². The van der Waals surface area contributed by atoms with Gasteiger partial charge >= 0.3 is 0 Å². The molecule has 0 bridgehead atoms. The molecule has 0 radical (unpaired) electrons. The smallest absolute Gasteiger partial charge is 0.227 e. The van der Waals surface area contributed by atoms with Crippen molar-refractivity contribution in [3.63, 3.8) is 0 Å². The van der Waals surface area contributed by atoms with Crippen molar-refractivity contribution >= 4 is 11.1 Å². The molecule has 4 heterocycles. The topological polar surface area (TPSA) is 90.5 Å². The molecule has 4 aromatic heterocycles. The third-order valence-corrected chi connectivity index (χ3v) is 7.49. The zero-order valence-electron chi connectivity index (χ0n) is 23.9. The molecule has 212 valence electrons. The van der Waals surface area contributed by atoms with Crippen LogP contribution >= 0.6 is 0 Å². The average Bonchev–Trinajstić information content (AvgIpc) is 3.57. The van der Waals surface area contributed by atoms with Gasteiger partial charge in [-0.15, -0.1) is 0 Å². The van der Waals surface area contributed by atoms with Crippen LogP contribution in [0.3, 0.4) is 0 Å². The highest BCUT2D eigenvalue weighted by atomic mass is 16.3. The van der Waals surface area contributed by atoms with Gasteiger partial charge in [0, 0.05) is 45.8 Å². The van der Waals surface area contributed by atoms with E-state index in [-0.39, 0.29) is 0 Å². The van der Waals surface area contributed by atoms with Gasteiger partial charge in [-0.05, 0) is 48.5 Å². The first-order valence-corrected chi connectivity index (χ1v) is 14.5. The van der Waals surface area contributed by atoms with Gasteiger partial charge in [-0.25, -0.2) is 19.9 Å². The summed E-state index contributed by atoms with van der Waals surface area (Å²) in [6.45, 7) is 0. The van der Waals surface area contributed by atoms with Crippen LogP contribution in [-0.4, -0.2) is 29.9 Å². The third kappa shape index (κ3) is 5.34. The van der Waals surface area contributed by atoms with E-state index < -0.39 is 0 Å². The minimum Gasteiger partial charge on any atom is -0.436 e. The fourth-order valence-electron chi connectivity index (χ4n) is 5.19. The Morgan fingerprint density at radius 1 is 0.378 bits per heavy atom. The summed E-state index contributed by atoms with van der Waals surface area (Å²) in [6.07, 6.45) is 3.58. The highest BCUT2D eigenvalue weighted by Gasteiger charge is 2.15. The summed E-state index contributed by atoms with van der Waals surface area (Å²) >= 11 is 0. The Kier molecular flexibility index (Phi) is 6.66. The average molecular weight is 581 g/mol. The van der Waals surface area contributed by atoms with Crippen LogP contribution in [0.5, 0.6) is 0 Å². The van der Waals surface area contributed by atoms with Gasteiger partial charge in [0.1, 0.15) is 5.52 Å². The van der Waals surface area contributed by atoms with Gasteiger partial charge in [0.15, 0.2) is 23.1 Å². The minimum absolute atomic E-state index is 0.551. The predicted octanol–water partition coefficient (Wildman–Crippen LogP) is 8.80. The van der Waals surface area contributed by atoms with Gasteiger partial charge < -0.3 is 4.42 Å². The van der Waals surface area contributed by atoms with Crippen LogP contribution in [0, 0.1) is 0 Å². The van der Waals surface area contributed by atoms with Gasteiger partial charge in [0.25, 0.3) is 0 Å². The van der Waals surface area contributed by atoms with Crippen LogP contribution in [0.4, 0.5) is 0 Å². The second-order valence-electron chi connectivity index (χ2n) is 10.5. The molecule has 0 amide bonds. The Morgan fingerprint density at radius 2 is 0.867 bits per heavy atom. The quantitative estimate of drug-likeness (QED) is 0.194. The molecule has 0 spiro atoms. The van der Waals surface area contributed by atoms with Crippen molar-refractivity contribution in [1.82, 2.24) is 29.9 Å². The molecule has 4 aromatic carbocycles. The van der Waals surface area contributed by atoms with E-state index in [0.29, 0.717) is 23.4 Å². The fraction of sp³-hybridized carbons (Fsp3) is 0. The van der Waals surface area contributed by atoms with E-state index >= 15 is 0 Å². The largest absolute Gasteiger partial charge is 0.436 e. The van der Waals surface area contributed by atoms with E-state index in [4.69, 9.17) is 19.4 Å². The zero-order valence-corrected chi connectivity index (χ0v) is 23.9. The zero-order chi connectivity index (χ0) is 30.0. The lowest BCUT2D eigenvalue weighted by Crippen LogP contribution is -2.01. The predicted molar refractivity (Wildman–Crippen MR) is 176 cm³/mol. The maximum Gasteiger partial charge on any atom is 0.227 e. The lowest BCUT2D eigenvalue weighted by atomic mass is 10.1. The van der Waals surface area contributed by atoms with E-state index in [1.165, 1.54) is 0 Å². The van der Waals surface area contributed by atoms with E-state index in [2.05, 4.69) is 15.0 Å². The molecule has 0 N–H and O–H groups in total. The highest BCUT2D eigenvalue weighted by molar-refractivity contribution is 5.77. The third-order valence-electron chi connectivity index (χ3n) is 7.49. The molecular formula is C38H24N6O. The fourth-order valence-corrected chi connectivity index (χ4v) is 5.19. The summed E-state index contributed by atoms with van der Waals surface area (Å²) in [7, 11) is 0. The van der Waals surface area contributed by atoms with E-state index in [0.717, 1.165) is 55.9 Å². The highest BCUT2D eigenvalue weighted by Crippen LogP contribution is 2.30. The van der Waals surface area contributed by atoms with Gasteiger partial charge in [0.05, 0.1) is 11.4 Å².